The summed E-state index contributed by atoms with van der Waals surface area (Å²) in [5.74, 6) is 0.429. The molecule has 6 heteroatoms. The van der Waals surface area contributed by atoms with Gasteiger partial charge in [0.05, 0.1) is 6.61 Å². The molecule has 0 saturated heterocycles. The Morgan fingerprint density at radius 2 is 1.44 bits per heavy atom. The van der Waals surface area contributed by atoms with Crippen LogP contribution in [0.1, 0.15) is 29.8 Å². The second kappa shape index (κ2) is 9.32. The standard InChI is InChI=1S/C19H22N2O4/c1-3-14-5-9-17(10-6-14)25-13-18(22)20-21-19(23)15-7-11-16(12-8-15)24-4-2/h5-12H,3-4,13H2,1-2H3,(H,20,22)(H,21,23). The van der Waals surface area contributed by atoms with Gasteiger partial charge < -0.3 is 9.47 Å². The summed E-state index contributed by atoms with van der Waals surface area (Å²) in [5, 5.41) is 0. The Hall–Kier alpha value is -3.02. The smallest absolute Gasteiger partial charge is 0.276 e. The molecule has 0 aromatic heterocycles. The molecule has 0 bridgehead atoms. The molecule has 0 atom stereocenters. The van der Waals surface area contributed by atoms with Gasteiger partial charge in [0.25, 0.3) is 11.8 Å². The van der Waals surface area contributed by atoms with Gasteiger partial charge in [0.1, 0.15) is 11.5 Å². The zero-order chi connectivity index (χ0) is 18.1. The van der Waals surface area contributed by atoms with Crippen molar-refractivity contribution in [1.29, 1.82) is 0 Å². The van der Waals surface area contributed by atoms with Crippen LogP contribution in [-0.4, -0.2) is 25.0 Å². The van der Waals surface area contributed by atoms with Gasteiger partial charge in [-0.3, -0.25) is 20.4 Å². The Kier molecular flexibility index (Phi) is 6.83. The van der Waals surface area contributed by atoms with E-state index in [0.717, 1.165) is 6.42 Å². The van der Waals surface area contributed by atoms with Crippen LogP contribution in [-0.2, 0) is 11.2 Å². The molecule has 0 aliphatic rings. The highest BCUT2D eigenvalue weighted by Gasteiger charge is 2.08. The lowest BCUT2D eigenvalue weighted by Crippen LogP contribution is -2.43. The minimum Gasteiger partial charge on any atom is -0.494 e. The van der Waals surface area contributed by atoms with Crippen molar-refractivity contribution >= 4 is 11.8 Å². The van der Waals surface area contributed by atoms with Crippen molar-refractivity contribution in [2.24, 2.45) is 0 Å². The molecule has 132 valence electrons. The number of hydrogen-bond acceptors (Lipinski definition) is 4. The van der Waals surface area contributed by atoms with Gasteiger partial charge in [-0.25, -0.2) is 0 Å². The Morgan fingerprint density at radius 1 is 0.840 bits per heavy atom. The number of ether oxygens (including phenoxy) is 2. The van der Waals surface area contributed by atoms with Crippen LogP contribution in [0.2, 0.25) is 0 Å². The summed E-state index contributed by atoms with van der Waals surface area (Å²) < 4.78 is 10.7. The third kappa shape index (κ3) is 5.84. The first-order valence-corrected chi connectivity index (χ1v) is 8.16. The molecule has 0 saturated carbocycles. The highest BCUT2D eigenvalue weighted by molar-refractivity contribution is 5.95. The molecule has 0 heterocycles. The lowest BCUT2D eigenvalue weighted by atomic mass is 10.2. The topological polar surface area (TPSA) is 76.7 Å². The van der Waals surface area contributed by atoms with Crippen LogP contribution in [0.15, 0.2) is 48.5 Å². The van der Waals surface area contributed by atoms with E-state index in [1.165, 1.54) is 5.56 Å². The molecule has 0 fully saturated rings. The largest absolute Gasteiger partial charge is 0.494 e. The summed E-state index contributed by atoms with van der Waals surface area (Å²) in [5.41, 5.74) is 6.27. The summed E-state index contributed by atoms with van der Waals surface area (Å²) >= 11 is 0. The molecule has 2 amide bonds. The number of benzene rings is 2. The van der Waals surface area contributed by atoms with Gasteiger partial charge in [-0.2, -0.15) is 0 Å². The first kappa shape index (κ1) is 18.3. The second-order valence-electron chi connectivity index (χ2n) is 5.25. The third-order valence-corrected chi connectivity index (χ3v) is 3.44. The quantitative estimate of drug-likeness (QED) is 0.758. The van der Waals surface area contributed by atoms with Crippen LogP contribution in [0.4, 0.5) is 0 Å². The first-order valence-electron chi connectivity index (χ1n) is 8.16. The van der Waals surface area contributed by atoms with Crippen LogP contribution in [0, 0.1) is 0 Å². The molecule has 6 nitrogen and oxygen atoms in total. The summed E-state index contributed by atoms with van der Waals surface area (Å²) in [7, 11) is 0. The van der Waals surface area contributed by atoms with E-state index in [1.807, 2.05) is 31.2 Å². The van der Waals surface area contributed by atoms with Gasteiger partial charge in [-0.15, -0.1) is 0 Å². The summed E-state index contributed by atoms with van der Waals surface area (Å²) in [4.78, 5) is 23.7. The lowest BCUT2D eigenvalue weighted by Gasteiger charge is -2.09. The number of nitrogens with one attached hydrogen (secondary N) is 2. The second-order valence-corrected chi connectivity index (χ2v) is 5.25. The lowest BCUT2D eigenvalue weighted by molar-refractivity contribution is -0.123. The number of rotatable bonds is 7. The van der Waals surface area contributed by atoms with E-state index in [1.54, 1.807) is 24.3 Å². The van der Waals surface area contributed by atoms with Crippen molar-refractivity contribution in [2.45, 2.75) is 20.3 Å². The van der Waals surface area contributed by atoms with E-state index < -0.39 is 11.8 Å². The van der Waals surface area contributed by atoms with Crippen molar-refractivity contribution in [3.63, 3.8) is 0 Å². The molecule has 0 aliphatic carbocycles. The molecular formula is C19H22N2O4. The van der Waals surface area contributed by atoms with Crippen LogP contribution in [0.25, 0.3) is 0 Å². The van der Waals surface area contributed by atoms with Crippen LogP contribution in [0.5, 0.6) is 11.5 Å². The predicted molar refractivity (Wildman–Crippen MR) is 94.5 cm³/mol. The molecule has 0 spiro atoms. The van der Waals surface area contributed by atoms with E-state index in [4.69, 9.17) is 9.47 Å². The van der Waals surface area contributed by atoms with Crippen molar-refractivity contribution in [3.8, 4) is 11.5 Å². The molecule has 0 radical (unpaired) electrons. The number of hydrazine groups is 1. The fraction of sp³-hybridized carbons (Fsp3) is 0.263. The highest BCUT2D eigenvalue weighted by Crippen LogP contribution is 2.13. The van der Waals surface area contributed by atoms with E-state index >= 15 is 0 Å². The SMILES string of the molecule is CCOc1ccc(C(=O)NNC(=O)COc2ccc(CC)cc2)cc1. The van der Waals surface area contributed by atoms with Gasteiger partial charge >= 0.3 is 0 Å². The maximum Gasteiger partial charge on any atom is 0.276 e. The number of carbonyl (C=O) groups is 2. The van der Waals surface area contributed by atoms with Crippen molar-refractivity contribution in [1.82, 2.24) is 10.9 Å². The Balaban J connectivity index is 1.75. The number of aryl methyl sites for hydroxylation is 1. The van der Waals surface area contributed by atoms with Gasteiger partial charge in [0, 0.05) is 5.56 Å². The molecule has 0 aliphatic heterocycles. The predicted octanol–water partition coefficient (Wildman–Crippen LogP) is 2.49. The molecule has 2 aromatic carbocycles. The van der Waals surface area contributed by atoms with E-state index in [0.29, 0.717) is 23.7 Å². The highest BCUT2D eigenvalue weighted by atomic mass is 16.5. The molecule has 2 N–H and O–H groups in total. The number of hydrogen-bond donors (Lipinski definition) is 2. The maximum atomic E-state index is 12.0. The van der Waals surface area contributed by atoms with Crippen molar-refractivity contribution < 1.29 is 19.1 Å². The van der Waals surface area contributed by atoms with Crippen LogP contribution >= 0.6 is 0 Å². The van der Waals surface area contributed by atoms with E-state index in [-0.39, 0.29) is 6.61 Å². The van der Waals surface area contributed by atoms with Gasteiger partial charge in [-0.05, 0) is 55.3 Å². The maximum absolute atomic E-state index is 12.0. The normalized spacial score (nSPS) is 10.0. The molecule has 0 unspecified atom stereocenters. The Bertz CT molecular complexity index is 696. The monoisotopic (exact) mass is 342 g/mol. The zero-order valence-electron chi connectivity index (χ0n) is 14.4. The summed E-state index contributed by atoms with van der Waals surface area (Å²) in [6, 6.07) is 14.2. The van der Waals surface area contributed by atoms with Gasteiger partial charge in [0.2, 0.25) is 0 Å². The van der Waals surface area contributed by atoms with E-state index in [9.17, 15) is 9.59 Å². The Labute approximate surface area is 147 Å². The first-order chi connectivity index (χ1) is 12.1. The number of amides is 2. The summed E-state index contributed by atoms with van der Waals surface area (Å²) in [6.07, 6.45) is 0.943. The summed E-state index contributed by atoms with van der Waals surface area (Å²) in [6.45, 7) is 4.32. The fourth-order valence-corrected chi connectivity index (χ4v) is 2.07. The fourth-order valence-electron chi connectivity index (χ4n) is 2.07. The van der Waals surface area contributed by atoms with Crippen LogP contribution < -0.4 is 20.3 Å². The molecular weight excluding hydrogens is 320 g/mol. The molecule has 2 aromatic rings. The molecule has 25 heavy (non-hydrogen) atoms. The Morgan fingerprint density at radius 3 is 2.04 bits per heavy atom. The minimum atomic E-state index is -0.446. The number of carbonyl (C=O) groups excluding carboxylic acids is 2. The average molecular weight is 342 g/mol. The van der Waals surface area contributed by atoms with Gasteiger partial charge in [-0.1, -0.05) is 19.1 Å². The minimum absolute atomic E-state index is 0.185. The van der Waals surface area contributed by atoms with Crippen LogP contribution in [0.3, 0.4) is 0 Å². The third-order valence-electron chi connectivity index (χ3n) is 3.44. The average Bonchev–Trinajstić information content (AvgIpc) is 2.65. The molecule has 2 rings (SSSR count). The zero-order valence-corrected chi connectivity index (χ0v) is 14.4. The van der Waals surface area contributed by atoms with E-state index in [2.05, 4.69) is 17.8 Å². The van der Waals surface area contributed by atoms with Crippen molar-refractivity contribution in [2.75, 3.05) is 13.2 Å². The van der Waals surface area contributed by atoms with Gasteiger partial charge in [0.15, 0.2) is 6.61 Å². The van der Waals surface area contributed by atoms with Crippen molar-refractivity contribution in [3.05, 3.63) is 59.7 Å².